The lowest BCUT2D eigenvalue weighted by Crippen LogP contribution is -2.34. The summed E-state index contributed by atoms with van der Waals surface area (Å²) in [6, 6.07) is 2.52. The highest BCUT2D eigenvalue weighted by molar-refractivity contribution is 5.47. The molecule has 1 atom stereocenters. The summed E-state index contributed by atoms with van der Waals surface area (Å²) in [4.78, 5) is 7.16. The van der Waals surface area contributed by atoms with E-state index in [4.69, 9.17) is 10.7 Å². The van der Waals surface area contributed by atoms with E-state index in [0.29, 0.717) is 0 Å². The van der Waals surface area contributed by atoms with Gasteiger partial charge in [-0.05, 0) is 49.7 Å². The number of hydrogen-bond donors (Lipinski definition) is 1. The van der Waals surface area contributed by atoms with Crippen molar-refractivity contribution in [3.63, 3.8) is 0 Å². The van der Waals surface area contributed by atoms with Crippen molar-refractivity contribution in [3.05, 3.63) is 23.4 Å². The van der Waals surface area contributed by atoms with Gasteiger partial charge < -0.3 is 10.6 Å². The molecule has 1 unspecified atom stereocenters. The first-order valence-corrected chi connectivity index (χ1v) is 8.10. The Hall–Kier alpha value is -1.09. The molecule has 20 heavy (non-hydrogen) atoms. The van der Waals surface area contributed by atoms with Crippen molar-refractivity contribution >= 4 is 5.82 Å². The van der Waals surface area contributed by atoms with Crippen molar-refractivity contribution in [1.82, 2.24) is 4.98 Å². The van der Waals surface area contributed by atoms with E-state index in [0.717, 1.165) is 31.8 Å². The van der Waals surface area contributed by atoms with E-state index in [1.165, 1.54) is 36.2 Å². The first-order chi connectivity index (χ1) is 9.63. The molecule has 2 N–H and O–H groups in total. The standard InChI is InChI=1S/C17H29N3/c1-4-14-6-8-20(9-7-14)17-13(3)10-15(12-19-17)11-16(18)5-2/h10,12,14,16H,4-9,11,18H2,1-3H3. The van der Waals surface area contributed by atoms with Crippen molar-refractivity contribution in [1.29, 1.82) is 0 Å². The Morgan fingerprint density at radius 1 is 1.35 bits per heavy atom. The van der Waals surface area contributed by atoms with E-state index < -0.39 is 0 Å². The van der Waals surface area contributed by atoms with Crippen LogP contribution in [0, 0.1) is 12.8 Å². The molecule has 1 aliphatic rings. The number of rotatable bonds is 5. The van der Waals surface area contributed by atoms with Crippen LogP contribution in [-0.4, -0.2) is 24.1 Å². The van der Waals surface area contributed by atoms with Gasteiger partial charge in [0.05, 0.1) is 0 Å². The zero-order valence-electron chi connectivity index (χ0n) is 13.2. The van der Waals surface area contributed by atoms with Gasteiger partial charge in [-0.2, -0.15) is 0 Å². The van der Waals surface area contributed by atoms with Crippen LogP contribution in [0.3, 0.4) is 0 Å². The molecule has 1 aromatic rings. The Balaban J connectivity index is 2.03. The molecular formula is C17H29N3. The number of hydrogen-bond acceptors (Lipinski definition) is 3. The molecule has 112 valence electrons. The van der Waals surface area contributed by atoms with E-state index in [9.17, 15) is 0 Å². The predicted molar refractivity (Wildman–Crippen MR) is 86.2 cm³/mol. The van der Waals surface area contributed by atoms with Crippen LogP contribution in [0.4, 0.5) is 5.82 Å². The van der Waals surface area contributed by atoms with E-state index in [1.807, 2.05) is 6.20 Å². The molecule has 1 saturated heterocycles. The number of piperidine rings is 1. The first-order valence-electron chi connectivity index (χ1n) is 8.10. The Kier molecular flexibility index (Phi) is 5.41. The van der Waals surface area contributed by atoms with Crippen LogP contribution < -0.4 is 10.6 Å². The van der Waals surface area contributed by atoms with Crippen LogP contribution in [0.1, 0.15) is 50.7 Å². The molecule has 0 aromatic carbocycles. The van der Waals surface area contributed by atoms with E-state index in [1.54, 1.807) is 0 Å². The minimum atomic E-state index is 0.252. The van der Waals surface area contributed by atoms with Crippen LogP contribution in [-0.2, 0) is 6.42 Å². The third kappa shape index (κ3) is 3.72. The fourth-order valence-electron chi connectivity index (χ4n) is 3.07. The smallest absolute Gasteiger partial charge is 0.131 e. The summed E-state index contributed by atoms with van der Waals surface area (Å²) in [6.07, 6.45) is 7.89. The minimum absolute atomic E-state index is 0.252. The molecule has 0 saturated carbocycles. The molecule has 0 bridgehead atoms. The van der Waals surface area contributed by atoms with Gasteiger partial charge >= 0.3 is 0 Å². The maximum Gasteiger partial charge on any atom is 0.131 e. The number of aromatic nitrogens is 1. The fourth-order valence-corrected chi connectivity index (χ4v) is 3.07. The molecule has 2 rings (SSSR count). The zero-order valence-corrected chi connectivity index (χ0v) is 13.2. The van der Waals surface area contributed by atoms with Gasteiger partial charge in [0.2, 0.25) is 0 Å². The Bertz CT molecular complexity index is 422. The van der Waals surface area contributed by atoms with Gasteiger partial charge in [0.25, 0.3) is 0 Å². The largest absolute Gasteiger partial charge is 0.356 e. The quantitative estimate of drug-likeness (QED) is 0.896. The normalized spacial score (nSPS) is 18.3. The van der Waals surface area contributed by atoms with Gasteiger partial charge in [0.1, 0.15) is 5.82 Å². The monoisotopic (exact) mass is 275 g/mol. The predicted octanol–water partition coefficient (Wildman–Crippen LogP) is 3.30. The maximum absolute atomic E-state index is 6.03. The molecule has 2 heterocycles. The molecular weight excluding hydrogens is 246 g/mol. The number of pyridine rings is 1. The van der Waals surface area contributed by atoms with Crippen LogP contribution in [0.15, 0.2) is 12.3 Å². The van der Waals surface area contributed by atoms with Crippen molar-refractivity contribution in [2.75, 3.05) is 18.0 Å². The second kappa shape index (κ2) is 7.07. The highest BCUT2D eigenvalue weighted by Gasteiger charge is 2.20. The van der Waals surface area contributed by atoms with Gasteiger partial charge in [-0.3, -0.25) is 0 Å². The molecule has 3 nitrogen and oxygen atoms in total. The molecule has 1 aliphatic heterocycles. The fraction of sp³-hybridized carbons (Fsp3) is 0.706. The molecule has 0 radical (unpaired) electrons. The third-order valence-electron chi connectivity index (χ3n) is 4.62. The Morgan fingerprint density at radius 3 is 2.60 bits per heavy atom. The molecule has 0 spiro atoms. The average molecular weight is 275 g/mol. The molecule has 1 fully saturated rings. The van der Waals surface area contributed by atoms with Crippen LogP contribution >= 0.6 is 0 Å². The van der Waals surface area contributed by atoms with Crippen LogP contribution in [0.2, 0.25) is 0 Å². The van der Waals surface area contributed by atoms with Gasteiger partial charge in [-0.25, -0.2) is 4.98 Å². The van der Waals surface area contributed by atoms with Gasteiger partial charge in [0, 0.05) is 25.3 Å². The van der Waals surface area contributed by atoms with E-state index in [-0.39, 0.29) is 6.04 Å². The summed E-state index contributed by atoms with van der Waals surface area (Å²) in [6.45, 7) is 8.92. The van der Waals surface area contributed by atoms with Crippen LogP contribution in [0.25, 0.3) is 0 Å². The number of nitrogens with two attached hydrogens (primary N) is 1. The summed E-state index contributed by atoms with van der Waals surface area (Å²) in [5, 5.41) is 0. The number of anilines is 1. The van der Waals surface area contributed by atoms with Gasteiger partial charge in [0.15, 0.2) is 0 Å². The lowest BCUT2D eigenvalue weighted by molar-refractivity contribution is 0.393. The first kappa shape index (κ1) is 15.3. The Labute approximate surface area is 123 Å². The number of nitrogens with zero attached hydrogens (tertiary/aromatic N) is 2. The van der Waals surface area contributed by atoms with E-state index in [2.05, 4.69) is 31.7 Å². The summed E-state index contributed by atoms with van der Waals surface area (Å²) in [5.74, 6) is 2.08. The molecule has 1 aromatic heterocycles. The van der Waals surface area contributed by atoms with Crippen molar-refractivity contribution in [3.8, 4) is 0 Å². The number of aryl methyl sites for hydroxylation is 1. The second-order valence-corrected chi connectivity index (χ2v) is 6.20. The Morgan fingerprint density at radius 2 is 2.05 bits per heavy atom. The topological polar surface area (TPSA) is 42.1 Å². The highest BCUT2D eigenvalue weighted by atomic mass is 15.2. The third-order valence-corrected chi connectivity index (χ3v) is 4.62. The summed E-state index contributed by atoms with van der Waals surface area (Å²) < 4.78 is 0. The highest BCUT2D eigenvalue weighted by Crippen LogP contribution is 2.26. The summed E-state index contributed by atoms with van der Waals surface area (Å²) >= 11 is 0. The molecule has 0 aliphatic carbocycles. The summed E-state index contributed by atoms with van der Waals surface area (Å²) in [5.41, 5.74) is 8.59. The van der Waals surface area contributed by atoms with Gasteiger partial charge in [-0.15, -0.1) is 0 Å². The maximum atomic E-state index is 6.03. The summed E-state index contributed by atoms with van der Waals surface area (Å²) in [7, 11) is 0. The van der Waals surface area contributed by atoms with Crippen molar-refractivity contribution in [2.45, 2.75) is 58.9 Å². The average Bonchev–Trinajstić information content (AvgIpc) is 2.47. The van der Waals surface area contributed by atoms with Crippen molar-refractivity contribution in [2.24, 2.45) is 11.7 Å². The molecule has 3 heteroatoms. The van der Waals surface area contributed by atoms with Crippen molar-refractivity contribution < 1.29 is 0 Å². The SMILES string of the molecule is CCC(N)Cc1cnc(N2CCC(CC)CC2)c(C)c1. The minimum Gasteiger partial charge on any atom is -0.356 e. The zero-order chi connectivity index (χ0) is 14.5. The second-order valence-electron chi connectivity index (χ2n) is 6.20. The lowest BCUT2D eigenvalue weighted by Gasteiger charge is -2.33. The van der Waals surface area contributed by atoms with Gasteiger partial charge in [-0.1, -0.05) is 26.3 Å². The molecule has 0 amide bonds. The van der Waals surface area contributed by atoms with Crippen LogP contribution in [0.5, 0.6) is 0 Å². The van der Waals surface area contributed by atoms with E-state index >= 15 is 0 Å². The lowest BCUT2D eigenvalue weighted by atomic mass is 9.94.